The number of methoxy groups -OCH3 is 2. The van der Waals surface area contributed by atoms with Crippen LogP contribution < -0.4 is 9.47 Å². The predicted molar refractivity (Wildman–Crippen MR) is 175 cm³/mol. The van der Waals surface area contributed by atoms with Crippen LogP contribution in [-0.2, 0) is 24.3 Å². The lowest BCUT2D eigenvalue weighted by Gasteiger charge is -2.29. The Morgan fingerprint density at radius 1 is 0.915 bits per heavy atom. The van der Waals surface area contributed by atoms with Crippen molar-refractivity contribution < 1.29 is 37.0 Å². The second kappa shape index (κ2) is 14.1. The van der Waals surface area contributed by atoms with Crippen molar-refractivity contribution in [1.82, 2.24) is 9.31 Å². The van der Waals surface area contributed by atoms with Gasteiger partial charge in [0.15, 0.2) is 6.61 Å². The number of amides is 1. The fourth-order valence-electron chi connectivity index (χ4n) is 6.22. The molecule has 246 valence electrons. The molecule has 12 heteroatoms. The topological polar surface area (TPSA) is 124 Å². The van der Waals surface area contributed by atoms with Gasteiger partial charge in [-0.2, -0.15) is 9.41 Å². The predicted octanol–water partition coefficient (Wildman–Crippen LogP) is 4.70. The van der Waals surface area contributed by atoms with Gasteiger partial charge < -0.3 is 18.9 Å². The highest BCUT2D eigenvalue weighted by Gasteiger charge is 2.44. The zero-order valence-electron chi connectivity index (χ0n) is 26.3. The number of nitrogens with zero attached hydrogens (tertiary/aromatic N) is 3. The third kappa shape index (κ3) is 6.95. The van der Waals surface area contributed by atoms with E-state index in [4.69, 9.17) is 24.0 Å². The molecular weight excluding hydrogens is 622 g/mol. The number of hydrogen-bond donors (Lipinski definition) is 0. The molecule has 1 saturated carbocycles. The van der Waals surface area contributed by atoms with E-state index < -0.39 is 28.5 Å². The van der Waals surface area contributed by atoms with Gasteiger partial charge in [0.2, 0.25) is 10.0 Å². The SMILES string of the molecule is COc1ccc(/C=C2/CCC[C@H]3C2=NN(C(=O)COC(=O)c2ccc(S(=O)(=O)N4CCOCC4)cc2)[C@H]3c2ccc(OC)cc2)cc1. The molecule has 0 bridgehead atoms. The highest BCUT2D eigenvalue weighted by Crippen LogP contribution is 2.44. The Bertz CT molecular complexity index is 1760. The van der Waals surface area contributed by atoms with Gasteiger partial charge >= 0.3 is 5.97 Å². The average Bonchev–Trinajstić information content (AvgIpc) is 3.52. The molecule has 2 atom stereocenters. The summed E-state index contributed by atoms with van der Waals surface area (Å²) in [6, 6.07) is 20.5. The standard InChI is InChI=1S/C35H37N3O8S/c1-43-28-12-6-24(7-13-28)22-27-4-3-5-31-33(27)36-38(34(31)25-8-14-29(44-2)15-9-25)32(39)23-46-35(40)26-10-16-30(17-11-26)47(41,42)37-18-20-45-21-19-37/h6-17,22,31,34H,3-5,18-21,23H2,1-2H3/b27-22-/t31-,34-/m0/s1. The number of allylic oxidation sites excluding steroid dienone is 1. The normalized spacial score (nSPS) is 20.8. The lowest BCUT2D eigenvalue weighted by molar-refractivity contribution is -0.137. The van der Waals surface area contributed by atoms with Crippen LogP contribution in [0.3, 0.4) is 0 Å². The summed E-state index contributed by atoms with van der Waals surface area (Å²) in [7, 11) is -0.478. The van der Waals surface area contributed by atoms with Crippen LogP contribution >= 0.6 is 0 Å². The molecule has 0 radical (unpaired) electrons. The zero-order chi connectivity index (χ0) is 33.0. The third-order valence-electron chi connectivity index (χ3n) is 8.70. The largest absolute Gasteiger partial charge is 0.497 e. The van der Waals surface area contributed by atoms with Crippen LogP contribution in [0.2, 0.25) is 0 Å². The summed E-state index contributed by atoms with van der Waals surface area (Å²) in [6.07, 6.45) is 4.71. The van der Waals surface area contributed by atoms with Crippen molar-refractivity contribution in [2.24, 2.45) is 11.0 Å². The highest BCUT2D eigenvalue weighted by atomic mass is 32.2. The van der Waals surface area contributed by atoms with Crippen LogP contribution in [0, 0.1) is 5.92 Å². The molecule has 47 heavy (non-hydrogen) atoms. The van der Waals surface area contributed by atoms with Gasteiger partial charge in [0.1, 0.15) is 11.5 Å². The van der Waals surface area contributed by atoms with E-state index in [1.165, 1.54) is 33.6 Å². The molecule has 0 spiro atoms. The molecule has 1 amide bonds. The molecule has 11 nitrogen and oxygen atoms in total. The number of ether oxygens (including phenoxy) is 4. The first kappa shape index (κ1) is 32.4. The molecule has 6 rings (SSSR count). The maximum absolute atomic E-state index is 13.7. The number of hydrazone groups is 1. The van der Waals surface area contributed by atoms with Crippen molar-refractivity contribution in [1.29, 1.82) is 0 Å². The molecule has 0 aromatic heterocycles. The van der Waals surface area contributed by atoms with E-state index in [0.29, 0.717) is 19.0 Å². The first-order valence-electron chi connectivity index (χ1n) is 15.5. The van der Waals surface area contributed by atoms with Crippen molar-refractivity contribution in [3.8, 4) is 11.5 Å². The van der Waals surface area contributed by atoms with Crippen LogP contribution in [0.1, 0.15) is 46.8 Å². The highest BCUT2D eigenvalue weighted by molar-refractivity contribution is 7.89. The fourth-order valence-corrected chi connectivity index (χ4v) is 7.63. The first-order chi connectivity index (χ1) is 22.8. The smallest absolute Gasteiger partial charge is 0.338 e. The monoisotopic (exact) mass is 659 g/mol. The zero-order valence-corrected chi connectivity index (χ0v) is 27.1. The summed E-state index contributed by atoms with van der Waals surface area (Å²) >= 11 is 0. The van der Waals surface area contributed by atoms with Crippen molar-refractivity contribution in [2.75, 3.05) is 47.1 Å². The van der Waals surface area contributed by atoms with Crippen LogP contribution in [0.5, 0.6) is 11.5 Å². The molecule has 2 aliphatic heterocycles. The molecule has 3 aliphatic rings. The Labute approximate surface area is 274 Å². The molecule has 2 fully saturated rings. The maximum atomic E-state index is 13.7. The minimum atomic E-state index is -3.71. The van der Waals surface area contributed by atoms with Crippen LogP contribution in [0.4, 0.5) is 0 Å². The van der Waals surface area contributed by atoms with Gasteiger partial charge in [0, 0.05) is 19.0 Å². The van der Waals surface area contributed by atoms with E-state index >= 15 is 0 Å². The van der Waals surface area contributed by atoms with E-state index in [-0.39, 0.29) is 35.5 Å². The van der Waals surface area contributed by atoms with E-state index in [1.54, 1.807) is 14.2 Å². The van der Waals surface area contributed by atoms with Crippen LogP contribution in [-0.4, -0.2) is 82.4 Å². The summed E-state index contributed by atoms with van der Waals surface area (Å²) in [5, 5.41) is 6.30. The number of rotatable bonds is 9. The number of esters is 1. The van der Waals surface area contributed by atoms with Gasteiger partial charge in [-0.3, -0.25) is 4.79 Å². The fraction of sp³-hybridized carbons (Fsp3) is 0.343. The summed E-state index contributed by atoms with van der Waals surface area (Å²) < 4.78 is 48.6. The summed E-state index contributed by atoms with van der Waals surface area (Å²) in [5.41, 5.74) is 3.95. The Kier molecular flexibility index (Phi) is 9.71. The number of benzene rings is 3. The Balaban J connectivity index is 1.20. The average molecular weight is 660 g/mol. The molecule has 1 aliphatic carbocycles. The van der Waals surface area contributed by atoms with Crippen LogP contribution in [0.15, 0.2) is 88.4 Å². The quantitative estimate of drug-likeness (QED) is 0.303. The van der Waals surface area contributed by atoms with E-state index in [1.807, 2.05) is 48.5 Å². The van der Waals surface area contributed by atoms with Gasteiger partial charge in [-0.15, -0.1) is 0 Å². The van der Waals surface area contributed by atoms with Crippen LogP contribution in [0.25, 0.3) is 6.08 Å². The molecule has 1 saturated heterocycles. The van der Waals surface area contributed by atoms with E-state index in [9.17, 15) is 18.0 Å². The second-order valence-electron chi connectivity index (χ2n) is 11.5. The number of morpholine rings is 1. The summed E-state index contributed by atoms with van der Waals surface area (Å²) in [6.45, 7) is 0.680. The first-order valence-corrected chi connectivity index (χ1v) is 17.0. The van der Waals surface area contributed by atoms with Gasteiger partial charge in [0.25, 0.3) is 5.91 Å². The maximum Gasteiger partial charge on any atom is 0.338 e. The number of sulfonamides is 1. The molecular formula is C35H37N3O8S. The number of carbonyl (C=O) groups excluding carboxylic acids is 2. The van der Waals surface area contributed by atoms with Gasteiger partial charge in [-0.1, -0.05) is 24.3 Å². The lowest BCUT2D eigenvalue weighted by Crippen LogP contribution is -2.40. The molecule has 2 heterocycles. The van der Waals surface area contributed by atoms with E-state index in [0.717, 1.165) is 47.4 Å². The molecule has 3 aromatic rings. The number of fused-ring (bicyclic) bond motifs is 1. The summed E-state index contributed by atoms with van der Waals surface area (Å²) in [4.78, 5) is 26.8. The number of carbonyl (C=O) groups is 2. The molecule has 3 aromatic carbocycles. The Hall–Kier alpha value is -4.52. The molecule has 0 unspecified atom stereocenters. The Morgan fingerprint density at radius 2 is 1.55 bits per heavy atom. The number of hydrogen-bond acceptors (Lipinski definition) is 9. The Morgan fingerprint density at radius 3 is 2.19 bits per heavy atom. The van der Waals surface area contributed by atoms with Gasteiger partial charge in [0.05, 0.1) is 49.6 Å². The molecule has 0 N–H and O–H groups in total. The van der Waals surface area contributed by atoms with Crippen molar-refractivity contribution in [3.05, 3.63) is 95.1 Å². The minimum absolute atomic E-state index is 0.0396. The van der Waals surface area contributed by atoms with E-state index in [2.05, 4.69) is 6.08 Å². The van der Waals surface area contributed by atoms with Crippen molar-refractivity contribution in [3.63, 3.8) is 0 Å². The van der Waals surface area contributed by atoms with Gasteiger partial charge in [-0.25, -0.2) is 18.2 Å². The minimum Gasteiger partial charge on any atom is -0.497 e. The third-order valence-corrected chi connectivity index (χ3v) is 10.6. The van der Waals surface area contributed by atoms with Gasteiger partial charge in [-0.05, 0) is 90.6 Å². The van der Waals surface area contributed by atoms with Crippen molar-refractivity contribution >= 4 is 33.7 Å². The van der Waals surface area contributed by atoms with Crippen molar-refractivity contribution in [2.45, 2.75) is 30.2 Å². The second-order valence-corrected chi connectivity index (χ2v) is 13.4. The summed E-state index contributed by atoms with van der Waals surface area (Å²) in [5.74, 6) is 0.233. The lowest BCUT2D eigenvalue weighted by atomic mass is 9.77.